The summed E-state index contributed by atoms with van der Waals surface area (Å²) in [6, 6.07) is -0.537. The number of rotatable bonds is 6. The molecule has 0 unspecified atom stereocenters. The fourth-order valence-corrected chi connectivity index (χ4v) is 2.84. The summed E-state index contributed by atoms with van der Waals surface area (Å²) in [5.74, 6) is 0.815. The quantitative estimate of drug-likeness (QED) is 0.709. The second-order valence-electron chi connectivity index (χ2n) is 5.77. The molecule has 9 heteroatoms. The Morgan fingerprint density at radius 3 is 2.83 bits per heavy atom. The normalized spacial score (nSPS) is 18.5. The van der Waals surface area contributed by atoms with Gasteiger partial charge in [-0.25, -0.2) is 4.79 Å². The monoisotopic (exact) mass is 321 g/mol. The molecule has 0 bridgehead atoms. The molecule has 124 valence electrons. The number of carbonyl (C=O) groups is 3. The van der Waals surface area contributed by atoms with Gasteiger partial charge in [-0.1, -0.05) is 18.0 Å². The van der Waals surface area contributed by atoms with E-state index in [1.807, 2.05) is 0 Å². The molecule has 0 radical (unpaired) electrons. The zero-order valence-corrected chi connectivity index (χ0v) is 12.7. The number of hydrogen-bond donors (Lipinski definition) is 2. The van der Waals surface area contributed by atoms with Gasteiger partial charge in [0.05, 0.1) is 6.54 Å². The first-order chi connectivity index (χ1) is 11.1. The van der Waals surface area contributed by atoms with Crippen LogP contribution in [0.2, 0.25) is 0 Å². The molecule has 1 aliphatic carbocycles. The predicted octanol–water partition coefficient (Wildman–Crippen LogP) is -0.0623. The Labute approximate surface area is 132 Å². The van der Waals surface area contributed by atoms with E-state index in [1.165, 1.54) is 12.8 Å². The van der Waals surface area contributed by atoms with Gasteiger partial charge in [0.15, 0.2) is 5.82 Å². The van der Waals surface area contributed by atoms with Crippen LogP contribution in [0, 0.1) is 0 Å². The first-order valence-corrected chi connectivity index (χ1v) is 7.81. The summed E-state index contributed by atoms with van der Waals surface area (Å²) >= 11 is 0. The number of nitrogens with zero attached hydrogens (tertiary/aromatic N) is 3. The Balaban J connectivity index is 1.41. The van der Waals surface area contributed by atoms with Crippen molar-refractivity contribution in [2.75, 3.05) is 19.6 Å². The molecule has 2 N–H and O–H groups in total. The van der Waals surface area contributed by atoms with Crippen LogP contribution < -0.4 is 10.6 Å². The second-order valence-corrected chi connectivity index (χ2v) is 5.77. The van der Waals surface area contributed by atoms with Crippen LogP contribution in [0.15, 0.2) is 4.52 Å². The second kappa shape index (κ2) is 6.76. The van der Waals surface area contributed by atoms with E-state index in [0.717, 1.165) is 17.7 Å². The number of aromatic nitrogens is 2. The van der Waals surface area contributed by atoms with Crippen LogP contribution in [-0.2, 0) is 16.0 Å². The van der Waals surface area contributed by atoms with Gasteiger partial charge in [0.1, 0.15) is 6.54 Å². The van der Waals surface area contributed by atoms with Crippen molar-refractivity contribution in [2.24, 2.45) is 0 Å². The molecule has 4 amide bonds. The van der Waals surface area contributed by atoms with E-state index >= 15 is 0 Å². The van der Waals surface area contributed by atoms with Crippen molar-refractivity contribution in [3.05, 3.63) is 11.7 Å². The SMILES string of the molecule is O=C(CN1C(=O)CNC1=O)NCCc1noc(C2CCCC2)n1. The van der Waals surface area contributed by atoms with Gasteiger partial charge in [0.25, 0.3) is 5.91 Å². The van der Waals surface area contributed by atoms with Crippen LogP contribution in [-0.4, -0.2) is 52.5 Å². The fraction of sp³-hybridized carbons (Fsp3) is 0.643. The van der Waals surface area contributed by atoms with Crippen molar-refractivity contribution in [2.45, 2.75) is 38.0 Å². The molecule has 9 nitrogen and oxygen atoms in total. The van der Waals surface area contributed by atoms with Crippen molar-refractivity contribution in [3.63, 3.8) is 0 Å². The summed E-state index contributed by atoms with van der Waals surface area (Å²) in [4.78, 5) is 39.7. The molecule has 0 aromatic carbocycles. The third-order valence-electron chi connectivity index (χ3n) is 4.10. The van der Waals surface area contributed by atoms with Gasteiger partial charge in [0, 0.05) is 18.9 Å². The van der Waals surface area contributed by atoms with Gasteiger partial charge in [-0.3, -0.25) is 14.5 Å². The van der Waals surface area contributed by atoms with Crippen molar-refractivity contribution >= 4 is 17.8 Å². The highest BCUT2D eigenvalue weighted by Crippen LogP contribution is 2.32. The summed E-state index contributed by atoms with van der Waals surface area (Å²) in [6.45, 7) is -0.00469. The molecule has 2 heterocycles. The largest absolute Gasteiger partial charge is 0.354 e. The number of carbonyl (C=O) groups excluding carboxylic acids is 3. The van der Waals surface area contributed by atoms with E-state index < -0.39 is 17.8 Å². The van der Waals surface area contributed by atoms with Gasteiger partial charge in [-0.15, -0.1) is 0 Å². The summed E-state index contributed by atoms with van der Waals surface area (Å²) in [6.07, 6.45) is 5.01. The molecule has 0 atom stereocenters. The molecule has 0 spiro atoms. The predicted molar refractivity (Wildman–Crippen MR) is 77.3 cm³/mol. The zero-order chi connectivity index (χ0) is 16.2. The van der Waals surface area contributed by atoms with E-state index in [0.29, 0.717) is 30.6 Å². The van der Waals surface area contributed by atoms with Crippen LogP contribution in [0.1, 0.15) is 43.3 Å². The van der Waals surface area contributed by atoms with E-state index in [2.05, 4.69) is 20.8 Å². The van der Waals surface area contributed by atoms with E-state index in [1.54, 1.807) is 0 Å². The van der Waals surface area contributed by atoms with E-state index in [4.69, 9.17) is 4.52 Å². The van der Waals surface area contributed by atoms with Gasteiger partial charge in [-0.2, -0.15) is 4.98 Å². The molecule has 2 fully saturated rings. The minimum atomic E-state index is -0.537. The Bertz CT molecular complexity index is 592. The van der Waals surface area contributed by atoms with E-state index in [9.17, 15) is 14.4 Å². The molecule has 1 aliphatic heterocycles. The summed E-state index contributed by atoms with van der Waals surface area (Å²) in [5.41, 5.74) is 0. The molecule has 3 rings (SSSR count). The first kappa shape index (κ1) is 15.4. The molecule has 1 saturated heterocycles. The van der Waals surface area contributed by atoms with E-state index in [-0.39, 0.29) is 13.1 Å². The summed E-state index contributed by atoms with van der Waals surface area (Å²) in [7, 11) is 0. The standard InChI is InChI=1S/C14H19N5O4/c20-11(8-19-12(21)7-16-14(19)22)15-6-5-10-17-13(23-18-10)9-3-1-2-4-9/h9H,1-8H2,(H,15,20)(H,16,22). The minimum Gasteiger partial charge on any atom is -0.354 e. The van der Waals surface area contributed by atoms with Crippen molar-refractivity contribution in [1.82, 2.24) is 25.7 Å². The number of amides is 4. The summed E-state index contributed by atoms with van der Waals surface area (Å²) in [5, 5.41) is 8.92. The van der Waals surface area contributed by atoms with Crippen molar-refractivity contribution in [1.29, 1.82) is 0 Å². The van der Waals surface area contributed by atoms with Crippen LogP contribution in [0.3, 0.4) is 0 Å². The van der Waals surface area contributed by atoms with Gasteiger partial charge in [-0.05, 0) is 12.8 Å². The average Bonchev–Trinajstić information content (AvgIpc) is 3.25. The van der Waals surface area contributed by atoms with Gasteiger partial charge in [0.2, 0.25) is 11.8 Å². The van der Waals surface area contributed by atoms with Crippen LogP contribution >= 0.6 is 0 Å². The van der Waals surface area contributed by atoms with Crippen LogP contribution in [0.25, 0.3) is 0 Å². The first-order valence-electron chi connectivity index (χ1n) is 7.81. The highest BCUT2D eigenvalue weighted by molar-refractivity contribution is 6.04. The fourth-order valence-electron chi connectivity index (χ4n) is 2.84. The lowest BCUT2D eigenvalue weighted by Crippen LogP contribution is -2.41. The Morgan fingerprint density at radius 2 is 2.13 bits per heavy atom. The molecule has 1 aromatic rings. The lowest BCUT2D eigenvalue weighted by atomic mass is 10.1. The Kier molecular flexibility index (Phi) is 4.54. The minimum absolute atomic E-state index is 0.0566. The Hall–Kier alpha value is -2.45. The highest BCUT2D eigenvalue weighted by atomic mass is 16.5. The molecular weight excluding hydrogens is 302 g/mol. The van der Waals surface area contributed by atoms with Crippen molar-refractivity contribution < 1.29 is 18.9 Å². The van der Waals surface area contributed by atoms with Crippen molar-refractivity contribution in [3.8, 4) is 0 Å². The number of nitrogens with one attached hydrogen (secondary N) is 2. The lowest BCUT2D eigenvalue weighted by molar-refractivity contribution is -0.130. The van der Waals surface area contributed by atoms with Gasteiger partial charge < -0.3 is 15.2 Å². The molecule has 1 aromatic heterocycles. The third-order valence-corrected chi connectivity index (χ3v) is 4.10. The van der Waals surface area contributed by atoms with Gasteiger partial charge >= 0.3 is 6.03 Å². The number of urea groups is 1. The number of imide groups is 1. The maximum absolute atomic E-state index is 11.7. The molecule has 2 aliphatic rings. The summed E-state index contributed by atoms with van der Waals surface area (Å²) < 4.78 is 5.26. The Morgan fingerprint density at radius 1 is 1.35 bits per heavy atom. The third kappa shape index (κ3) is 3.66. The van der Waals surface area contributed by atoms with Crippen LogP contribution in [0.5, 0.6) is 0 Å². The lowest BCUT2D eigenvalue weighted by Gasteiger charge is -2.11. The van der Waals surface area contributed by atoms with Crippen LogP contribution in [0.4, 0.5) is 4.79 Å². The smallest absolute Gasteiger partial charge is 0.325 e. The number of hydrogen-bond acceptors (Lipinski definition) is 6. The molecule has 23 heavy (non-hydrogen) atoms. The molecular formula is C14H19N5O4. The average molecular weight is 321 g/mol. The molecule has 1 saturated carbocycles. The topological polar surface area (TPSA) is 117 Å². The highest BCUT2D eigenvalue weighted by Gasteiger charge is 2.30. The zero-order valence-electron chi connectivity index (χ0n) is 12.7. The maximum Gasteiger partial charge on any atom is 0.325 e. The maximum atomic E-state index is 11.7.